The van der Waals surface area contributed by atoms with E-state index in [2.05, 4.69) is 25.4 Å². The van der Waals surface area contributed by atoms with Gasteiger partial charge in [-0.25, -0.2) is 23.5 Å². The molecule has 0 radical (unpaired) electrons. The average Bonchev–Trinajstić information content (AvgIpc) is 3.33. The van der Waals surface area contributed by atoms with E-state index in [9.17, 15) is 9.18 Å². The number of rotatable bonds is 10. The number of halogens is 2. The number of hydrogen-bond donors (Lipinski definition) is 5. The predicted molar refractivity (Wildman–Crippen MR) is 140 cm³/mol. The largest absolute Gasteiger partial charge is 0.497 e. The summed E-state index contributed by atoms with van der Waals surface area (Å²) in [5.41, 5.74) is 5.88. The number of methoxy groups -OCH3 is 1. The molecule has 0 fully saturated rings. The van der Waals surface area contributed by atoms with Crippen molar-refractivity contribution in [3.63, 3.8) is 0 Å². The first-order chi connectivity index (χ1) is 19.1. The Balaban J connectivity index is 0.00000103. The van der Waals surface area contributed by atoms with Gasteiger partial charge in [0.2, 0.25) is 0 Å². The number of carboxylic acid groups (broad SMARTS) is 1. The van der Waals surface area contributed by atoms with Gasteiger partial charge in [0.15, 0.2) is 17.4 Å². The Morgan fingerprint density at radius 3 is 2.48 bits per heavy atom. The van der Waals surface area contributed by atoms with Crippen LogP contribution in [0.25, 0.3) is 5.95 Å². The number of nitrogens with zero attached hydrogens (tertiary/aromatic N) is 4. The fraction of sp³-hybridized carbons (Fsp3) is 0.200. The van der Waals surface area contributed by atoms with Gasteiger partial charge in [-0.3, -0.25) is 15.2 Å². The lowest BCUT2D eigenvalue weighted by Gasteiger charge is -2.21. The zero-order valence-electron chi connectivity index (χ0n) is 21.4. The van der Waals surface area contributed by atoms with Crippen LogP contribution in [-0.4, -0.2) is 62.0 Å². The minimum Gasteiger partial charge on any atom is -0.497 e. The fourth-order valence-electron chi connectivity index (χ4n) is 3.39. The number of nitrogens with two attached hydrogens (primary N) is 1. The fourth-order valence-corrected chi connectivity index (χ4v) is 3.39. The van der Waals surface area contributed by atoms with Gasteiger partial charge in [-0.1, -0.05) is 0 Å². The minimum atomic E-state index is -1.06. The Labute approximate surface area is 226 Å². The molecule has 4 aromatic rings. The van der Waals surface area contributed by atoms with Crippen LogP contribution in [0.4, 0.5) is 14.5 Å². The first-order valence-corrected chi connectivity index (χ1v) is 11.6. The molecule has 210 valence electrons. The van der Waals surface area contributed by atoms with Crippen LogP contribution in [-0.2, 0) is 4.79 Å². The van der Waals surface area contributed by atoms with Gasteiger partial charge >= 0.3 is 5.69 Å². The highest BCUT2D eigenvalue weighted by atomic mass is 19.1. The van der Waals surface area contributed by atoms with E-state index in [0.717, 1.165) is 11.6 Å². The van der Waals surface area contributed by atoms with Crippen LogP contribution in [0.2, 0.25) is 0 Å². The topological polar surface area (TPSA) is 194 Å². The van der Waals surface area contributed by atoms with Crippen molar-refractivity contribution in [1.29, 1.82) is 5.41 Å². The van der Waals surface area contributed by atoms with Crippen molar-refractivity contribution >= 4 is 17.5 Å². The summed E-state index contributed by atoms with van der Waals surface area (Å²) in [4.78, 5) is 32.3. The third-order valence-electron chi connectivity index (χ3n) is 5.08. The monoisotopic (exact) mass is 556 g/mol. The summed E-state index contributed by atoms with van der Waals surface area (Å²) < 4.78 is 39.8. The number of nitrogen functional groups attached to an aromatic ring is 1. The third-order valence-corrected chi connectivity index (χ3v) is 5.08. The summed E-state index contributed by atoms with van der Waals surface area (Å²) in [6, 6.07) is 9.73. The van der Waals surface area contributed by atoms with E-state index >= 15 is 4.39 Å². The molecule has 13 nitrogen and oxygen atoms in total. The number of aromatic amines is 1. The van der Waals surface area contributed by atoms with E-state index in [1.165, 1.54) is 31.6 Å². The van der Waals surface area contributed by atoms with E-state index in [4.69, 9.17) is 30.5 Å². The summed E-state index contributed by atoms with van der Waals surface area (Å²) in [5, 5.41) is 22.4. The summed E-state index contributed by atoms with van der Waals surface area (Å²) >= 11 is 0. The number of carbonyl (C=O) groups is 1. The quantitative estimate of drug-likeness (QED) is 0.143. The van der Waals surface area contributed by atoms with Crippen molar-refractivity contribution in [3.8, 4) is 17.4 Å². The van der Waals surface area contributed by atoms with Crippen molar-refractivity contribution in [2.75, 3.05) is 25.7 Å². The Hall–Kier alpha value is -5.34. The molecule has 0 amide bonds. The molecule has 0 bridgehead atoms. The Morgan fingerprint density at radius 1 is 1.25 bits per heavy atom. The van der Waals surface area contributed by atoms with Gasteiger partial charge in [-0.15, -0.1) is 9.78 Å². The second kappa shape index (κ2) is 13.5. The number of anilines is 1. The van der Waals surface area contributed by atoms with Crippen LogP contribution < -0.4 is 26.2 Å². The van der Waals surface area contributed by atoms with Crippen molar-refractivity contribution in [3.05, 3.63) is 88.1 Å². The van der Waals surface area contributed by atoms with Gasteiger partial charge in [0.05, 0.1) is 7.11 Å². The van der Waals surface area contributed by atoms with E-state index in [-0.39, 0.29) is 41.3 Å². The lowest BCUT2D eigenvalue weighted by Crippen LogP contribution is -2.18. The molecule has 2 aromatic carbocycles. The lowest BCUT2D eigenvalue weighted by molar-refractivity contribution is -0.134. The Bertz CT molecular complexity index is 1510. The van der Waals surface area contributed by atoms with E-state index in [1.54, 1.807) is 30.3 Å². The summed E-state index contributed by atoms with van der Waals surface area (Å²) in [5.74, 6) is -1.67. The molecule has 2 aromatic heterocycles. The molecule has 1 atom stereocenters. The van der Waals surface area contributed by atoms with E-state index in [0.29, 0.717) is 11.3 Å². The zero-order chi connectivity index (χ0) is 29.2. The molecule has 15 heteroatoms. The molecule has 0 aliphatic heterocycles. The number of carboxylic acids is 1. The van der Waals surface area contributed by atoms with Crippen LogP contribution in [0.15, 0.2) is 59.7 Å². The molecule has 0 unspecified atom stereocenters. The number of nitrogens with one attached hydrogen (secondary N) is 3. The highest BCUT2D eigenvalue weighted by Gasteiger charge is 2.27. The lowest BCUT2D eigenvalue weighted by atomic mass is 10.0. The maximum atomic E-state index is 15.6. The van der Waals surface area contributed by atoms with E-state index in [1.807, 2.05) is 0 Å². The molecule has 2 heterocycles. The van der Waals surface area contributed by atoms with Crippen LogP contribution in [0, 0.1) is 11.2 Å². The second-order valence-electron chi connectivity index (χ2n) is 7.93. The maximum Gasteiger partial charge on any atom is 0.350 e. The number of amidine groups is 1. The molecule has 0 saturated carbocycles. The number of hydrogen-bond acceptors (Lipinski definition) is 9. The number of H-pyrrole nitrogens is 1. The van der Waals surface area contributed by atoms with Crippen LogP contribution >= 0.6 is 0 Å². The van der Waals surface area contributed by atoms with Crippen LogP contribution in [0.5, 0.6) is 11.5 Å². The minimum absolute atomic E-state index is 0.00809. The van der Waals surface area contributed by atoms with Crippen molar-refractivity contribution < 1.29 is 28.2 Å². The van der Waals surface area contributed by atoms with Gasteiger partial charge in [0, 0.05) is 42.2 Å². The number of benzene rings is 2. The number of ether oxygens (including phenoxy) is 2. The van der Waals surface area contributed by atoms with Gasteiger partial charge in [0.25, 0.3) is 11.9 Å². The molecule has 0 aliphatic rings. The maximum absolute atomic E-state index is 15.6. The first-order valence-electron chi connectivity index (χ1n) is 11.6. The molecule has 0 saturated heterocycles. The van der Waals surface area contributed by atoms with Gasteiger partial charge in [0.1, 0.15) is 30.9 Å². The predicted octanol–water partition coefficient (Wildman–Crippen LogP) is 2.42. The molecule has 0 spiro atoms. The Kier molecular flexibility index (Phi) is 9.83. The summed E-state index contributed by atoms with van der Waals surface area (Å²) in [6.07, 6.45) is 2.90. The highest BCUT2D eigenvalue weighted by Crippen LogP contribution is 2.35. The van der Waals surface area contributed by atoms with Gasteiger partial charge in [-0.05, 0) is 36.4 Å². The van der Waals surface area contributed by atoms with Gasteiger partial charge in [-0.2, -0.15) is 0 Å². The van der Waals surface area contributed by atoms with Crippen LogP contribution in [0.1, 0.15) is 29.9 Å². The SMILES string of the molecule is CC(=O)O.COc1cc(OCCF)c(F)c([C@H](Nc2ccc(C(=N)N)cc2)c2nn(-c3ncccn3)c(=O)[nH]2)c1. The highest BCUT2D eigenvalue weighted by molar-refractivity contribution is 5.95. The molecule has 4 rings (SSSR count). The molecule has 6 N–H and O–H groups in total. The van der Waals surface area contributed by atoms with E-state index < -0.39 is 30.2 Å². The van der Waals surface area contributed by atoms with Gasteiger partial charge < -0.3 is 25.6 Å². The summed E-state index contributed by atoms with van der Waals surface area (Å²) in [6.45, 7) is -0.0874. The number of aliphatic carboxylic acids is 1. The van der Waals surface area contributed by atoms with Crippen LogP contribution in [0.3, 0.4) is 0 Å². The molecular formula is C25H26F2N8O5. The normalized spacial score (nSPS) is 11.1. The van der Waals surface area contributed by atoms with Crippen molar-refractivity contribution in [2.45, 2.75) is 13.0 Å². The summed E-state index contributed by atoms with van der Waals surface area (Å²) in [7, 11) is 1.39. The number of aromatic nitrogens is 5. The standard InChI is InChI=1S/C23H22F2N8O3.C2H4O2/c1-35-15-11-16(18(25)17(12-15)36-10-7-24)19(30-14-5-3-13(4-6-14)20(26)27)21-31-23(34)33(32-21)22-28-8-2-9-29-22;1-2(3)4/h2-6,8-9,11-12,19,30H,7,10H2,1H3,(H3,26,27)(H,31,32,34);1H3,(H,3,4)/t19-;/m0./s1. The molecule has 40 heavy (non-hydrogen) atoms. The smallest absolute Gasteiger partial charge is 0.350 e. The average molecular weight is 557 g/mol. The second-order valence-corrected chi connectivity index (χ2v) is 7.93. The first kappa shape index (κ1) is 29.2. The van der Waals surface area contributed by atoms with Crippen molar-refractivity contribution in [1.82, 2.24) is 24.7 Å². The molecule has 0 aliphatic carbocycles. The Morgan fingerprint density at radius 2 is 1.90 bits per heavy atom. The van der Waals surface area contributed by atoms with Crippen molar-refractivity contribution in [2.24, 2.45) is 5.73 Å². The number of alkyl halides is 1. The molecular weight excluding hydrogens is 530 g/mol. The zero-order valence-corrected chi connectivity index (χ0v) is 21.4. The third kappa shape index (κ3) is 7.37.